The molecule has 0 unspecified atom stereocenters. The van der Waals surface area contributed by atoms with E-state index in [1.807, 2.05) is 24.3 Å². The van der Waals surface area contributed by atoms with Crippen molar-refractivity contribution in [1.29, 1.82) is 0 Å². The monoisotopic (exact) mass is 236 g/mol. The summed E-state index contributed by atoms with van der Waals surface area (Å²) in [5.74, 6) is 0.924. The van der Waals surface area contributed by atoms with Gasteiger partial charge in [-0.2, -0.15) is 0 Å². The van der Waals surface area contributed by atoms with Crippen LogP contribution in [0.1, 0.15) is 0 Å². The molecule has 1 aliphatic rings. The van der Waals surface area contributed by atoms with Crippen LogP contribution in [0.3, 0.4) is 0 Å². The van der Waals surface area contributed by atoms with Gasteiger partial charge in [0.1, 0.15) is 0 Å². The van der Waals surface area contributed by atoms with Crippen LogP contribution in [0.25, 0.3) is 10.8 Å². The molecule has 3 rings (SSSR count). The minimum Gasteiger partial charge on any atom is -0.391 e. The molecule has 4 nitrogen and oxygen atoms in total. The van der Waals surface area contributed by atoms with E-state index in [-0.39, 0.29) is 0 Å². The first-order chi connectivity index (χ1) is 7.70. The Morgan fingerprint density at radius 2 is 1.56 bits per heavy atom. The second kappa shape index (κ2) is 3.24. The molecule has 1 heterocycles. The molecule has 0 aliphatic carbocycles. The van der Waals surface area contributed by atoms with Crippen molar-refractivity contribution in [3.8, 4) is 11.5 Å². The van der Waals surface area contributed by atoms with Gasteiger partial charge in [0, 0.05) is 7.11 Å². The van der Waals surface area contributed by atoms with Crippen molar-refractivity contribution in [2.45, 2.75) is 0 Å². The summed E-state index contributed by atoms with van der Waals surface area (Å²) in [6.45, 7) is 0. The Labute approximate surface area is 92.4 Å². The smallest absolute Gasteiger partial charge is 0.391 e. The second-order valence-electron chi connectivity index (χ2n) is 3.46. The Kier molecular flexibility index (Phi) is 1.96. The molecule has 0 spiro atoms. The summed E-state index contributed by atoms with van der Waals surface area (Å²) in [4.78, 5) is 0. The van der Waals surface area contributed by atoms with Gasteiger partial charge < -0.3 is 9.05 Å². The van der Waals surface area contributed by atoms with Crippen LogP contribution in [-0.2, 0) is 9.09 Å². The van der Waals surface area contributed by atoms with E-state index in [1.165, 1.54) is 7.11 Å². The molecule has 0 saturated heterocycles. The zero-order chi connectivity index (χ0) is 11.2. The second-order valence-corrected chi connectivity index (χ2v) is 5.08. The van der Waals surface area contributed by atoms with Crippen molar-refractivity contribution in [3.05, 3.63) is 36.4 Å². The molecule has 2 aromatic rings. The van der Waals surface area contributed by atoms with Gasteiger partial charge in [-0.15, -0.1) is 0 Å². The molecule has 0 N–H and O–H groups in total. The average Bonchev–Trinajstić information content (AvgIpc) is 2.62. The van der Waals surface area contributed by atoms with E-state index >= 15 is 0 Å². The summed E-state index contributed by atoms with van der Waals surface area (Å²) in [6.07, 6.45) is 0. The summed E-state index contributed by atoms with van der Waals surface area (Å²) in [6, 6.07) is 11.4. The Morgan fingerprint density at radius 1 is 1.06 bits per heavy atom. The van der Waals surface area contributed by atoms with Crippen molar-refractivity contribution in [2.75, 3.05) is 7.11 Å². The molecule has 1 aliphatic heterocycles. The highest BCUT2D eigenvalue weighted by Crippen LogP contribution is 2.59. The summed E-state index contributed by atoms with van der Waals surface area (Å²) >= 11 is 0. The van der Waals surface area contributed by atoms with Crippen LogP contribution in [-0.4, -0.2) is 7.11 Å². The average molecular weight is 236 g/mol. The summed E-state index contributed by atoms with van der Waals surface area (Å²) in [7, 11) is -2.12. The number of rotatable bonds is 1. The van der Waals surface area contributed by atoms with Gasteiger partial charge in [-0.25, -0.2) is 4.57 Å². The highest BCUT2D eigenvalue weighted by atomic mass is 31.2. The van der Waals surface area contributed by atoms with Gasteiger partial charge in [-0.3, -0.25) is 4.52 Å². The fourth-order valence-corrected chi connectivity index (χ4v) is 2.63. The number of hydrogen-bond acceptors (Lipinski definition) is 4. The maximum absolute atomic E-state index is 11.8. The predicted molar refractivity (Wildman–Crippen MR) is 59.8 cm³/mol. The van der Waals surface area contributed by atoms with E-state index in [9.17, 15) is 4.57 Å². The van der Waals surface area contributed by atoms with E-state index in [2.05, 4.69) is 0 Å². The topological polar surface area (TPSA) is 44.8 Å². The number of fused-ring (bicyclic) bond motifs is 2. The van der Waals surface area contributed by atoms with E-state index in [4.69, 9.17) is 13.6 Å². The number of hydrogen-bond donors (Lipinski definition) is 0. The van der Waals surface area contributed by atoms with Crippen molar-refractivity contribution in [2.24, 2.45) is 0 Å². The molecule has 0 amide bonds. The number of phosphoric ester groups is 1. The number of phosphoric acid groups is 1. The third-order valence-corrected chi connectivity index (χ3v) is 3.74. The Bertz CT molecular complexity index is 559. The predicted octanol–water partition coefficient (Wildman–Crippen LogP) is 3.37. The first-order valence-electron chi connectivity index (χ1n) is 4.78. The van der Waals surface area contributed by atoms with Gasteiger partial charge in [0.15, 0.2) is 11.5 Å². The van der Waals surface area contributed by atoms with Crippen LogP contribution in [0.15, 0.2) is 36.4 Å². The molecule has 82 valence electrons. The third-order valence-electron chi connectivity index (χ3n) is 2.46. The fraction of sp³-hybridized carbons (Fsp3) is 0.0909. The van der Waals surface area contributed by atoms with Gasteiger partial charge in [-0.1, -0.05) is 24.3 Å². The van der Waals surface area contributed by atoms with E-state index in [0.29, 0.717) is 11.5 Å². The molecule has 0 radical (unpaired) electrons. The van der Waals surface area contributed by atoms with E-state index in [0.717, 1.165) is 10.8 Å². The van der Waals surface area contributed by atoms with Crippen molar-refractivity contribution in [3.63, 3.8) is 0 Å². The zero-order valence-corrected chi connectivity index (χ0v) is 9.44. The van der Waals surface area contributed by atoms with Gasteiger partial charge in [0.25, 0.3) is 0 Å². The normalized spacial score (nSPS) is 16.6. The molecule has 0 fully saturated rings. The van der Waals surface area contributed by atoms with Gasteiger partial charge in [0.2, 0.25) is 0 Å². The lowest BCUT2D eigenvalue weighted by Crippen LogP contribution is -1.92. The van der Waals surface area contributed by atoms with Crippen LogP contribution in [0.2, 0.25) is 0 Å². The molecule has 0 saturated carbocycles. The van der Waals surface area contributed by atoms with Gasteiger partial charge >= 0.3 is 7.82 Å². The first kappa shape index (κ1) is 9.70. The maximum atomic E-state index is 11.8. The largest absolute Gasteiger partial charge is 0.587 e. The minimum atomic E-state index is -3.42. The maximum Gasteiger partial charge on any atom is 0.587 e. The summed E-state index contributed by atoms with van der Waals surface area (Å²) < 4.78 is 26.8. The molecule has 0 aromatic heterocycles. The third kappa shape index (κ3) is 1.39. The standard InChI is InChI=1S/C11H9O4P/c1-13-16(12)14-10-6-8-4-2-3-5-9(8)7-11(10)15-16/h2-7H,1H3. The Hall–Kier alpha value is -1.51. The molecule has 0 atom stereocenters. The number of benzene rings is 2. The molecule has 0 bridgehead atoms. The molecular formula is C11H9O4P. The van der Waals surface area contributed by atoms with Crippen LogP contribution in [0, 0.1) is 0 Å². The first-order valence-corrected chi connectivity index (χ1v) is 6.24. The highest BCUT2D eigenvalue weighted by Gasteiger charge is 2.37. The lowest BCUT2D eigenvalue weighted by Gasteiger charge is -2.04. The van der Waals surface area contributed by atoms with Crippen molar-refractivity contribution < 1.29 is 18.1 Å². The van der Waals surface area contributed by atoms with Crippen LogP contribution in [0.4, 0.5) is 0 Å². The highest BCUT2D eigenvalue weighted by molar-refractivity contribution is 7.49. The quantitative estimate of drug-likeness (QED) is 0.712. The van der Waals surface area contributed by atoms with Gasteiger partial charge in [0.05, 0.1) is 0 Å². The fourth-order valence-electron chi connectivity index (χ4n) is 1.68. The molecular weight excluding hydrogens is 227 g/mol. The van der Waals surface area contributed by atoms with Crippen molar-refractivity contribution >= 4 is 18.6 Å². The Morgan fingerprint density at radius 3 is 2.00 bits per heavy atom. The minimum absolute atomic E-state index is 0.462. The molecule has 2 aromatic carbocycles. The van der Waals surface area contributed by atoms with Crippen LogP contribution >= 0.6 is 7.82 Å². The van der Waals surface area contributed by atoms with E-state index in [1.54, 1.807) is 12.1 Å². The van der Waals surface area contributed by atoms with Crippen molar-refractivity contribution in [1.82, 2.24) is 0 Å². The van der Waals surface area contributed by atoms with Crippen LogP contribution in [0.5, 0.6) is 11.5 Å². The zero-order valence-electron chi connectivity index (χ0n) is 8.54. The molecule has 5 heteroatoms. The van der Waals surface area contributed by atoms with E-state index < -0.39 is 7.82 Å². The lowest BCUT2D eigenvalue weighted by molar-refractivity contribution is 0.275. The summed E-state index contributed by atoms with van der Waals surface area (Å²) in [5.41, 5.74) is 0. The van der Waals surface area contributed by atoms with Crippen LogP contribution < -0.4 is 9.05 Å². The Balaban J connectivity index is 2.19. The molecule has 16 heavy (non-hydrogen) atoms. The van der Waals surface area contributed by atoms with Gasteiger partial charge in [-0.05, 0) is 22.9 Å². The SMILES string of the molecule is COP1(=O)Oc2cc3ccccc3cc2O1. The lowest BCUT2D eigenvalue weighted by atomic mass is 10.1. The summed E-state index contributed by atoms with van der Waals surface area (Å²) in [5, 5.41) is 2.02.